The molecule has 0 radical (unpaired) electrons. The van der Waals surface area contributed by atoms with Gasteiger partial charge in [-0.15, -0.1) is 0 Å². The number of aromatic amines is 1. The van der Waals surface area contributed by atoms with Crippen molar-refractivity contribution in [3.05, 3.63) is 35.6 Å². The fourth-order valence-electron chi connectivity index (χ4n) is 1.59. The third-order valence-corrected chi connectivity index (χ3v) is 2.52. The Hall–Kier alpha value is -1.94. The second-order valence-corrected chi connectivity index (χ2v) is 3.84. The highest BCUT2D eigenvalue weighted by Gasteiger charge is 2.08. The average molecular weight is 234 g/mol. The number of fused-ring (bicyclic) bond motifs is 1. The lowest BCUT2D eigenvalue weighted by atomic mass is 10.3. The van der Waals surface area contributed by atoms with E-state index in [1.54, 1.807) is 12.1 Å². The topological polar surface area (TPSA) is 67.8 Å². The molecule has 1 aromatic carbocycles. The highest BCUT2D eigenvalue weighted by molar-refractivity contribution is 6.28. The summed E-state index contributed by atoms with van der Waals surface area (Å²) in [5.74, 6) is 1.26. The molecule has 0 aliphatic heterocycles. The predicted molar refractivity (Wildman–Crippen MR) is 63.2 cm³/mol. The molecule has 80 valence electrons. The van der Waals surface area contributed by atoms with Crippen LogP contribution in [0, 0.1) is 0 Å². The van der Waals surface area contributed by atoms with Gasteiger partial charge in [0.15, 0.2) is 16.8 Å². The minimum Gasteiger partial charge on any atom is -0.441 e. The zero-order chi connectivity index (χ0) is 11.1. The van der Waals surface area contributed by atoms with Crippen molar-refractivity contribution in [1.82, 2.24) is 9.97 Å². The van der Waals surface area contributed by atoms with Gasteiger partial charge in [-0.05, 0) is 41.9 Å². The number of hydrogen-bond donors (Lipinski definition) is 2. The van der Waals surface area contributed by atoms with Crippen molar-refractivity contribution in [2.24, 2.45) is 0 Å². The molecule has 5 heteroatoms. The summed E-state index contributed by atoms with van der Waals surface area (Å²) in [4.78, 5) is 7.50. The highest BCUT2D eigenvalue weighted by Crippen LogP contribution is 2.25. The number of nitrogens with two attached hydrogens (primary N) is 1. The van der Waals surface area contributed by atoms with Crippen molar-refractivity contribution >= 4 is 28.3 Å². The third-order valence-electron chi connectivity index (χ3n) is 2.31. The van der Waals surface area contributed by atoms with Crippen LogP contribution in [-0.2, 0) is 0 Å². The molecule has 2 aromatic heterocycles. The first-order valence-electron chi connectivity index (χ1n) is 4.73. The number of nitrogen functional groups attached to an aromatic ring is 1. The summed E-state index contributed by atoms with van der Waals surface area (Å²) in [6.45, 7) is 0. The number of hydrogen-bond acceptors (Lipinski definition) is 3. The van der Waals surface area contributed by atoms with Gasteiger partial charge in [-0.25, -0.2) is 4.98 Å². The summed E-state index contributed by atoms with van der Waals surface area (Å²) >= 11 is 5.71. The molecule has 0 aliphatic carbocycles. The van der Waals surface area contributed by atoms with Crippen LogP contribution in [0.4, 0.5) is 5.69 Å². The summed E-state index contributed by atoms with van der Waals surface area (Å²) in [5.41, 5.74) is 8.10. The summed E-state index contributed by atoms with van der Waals surface area (Å²) in [7, 11) is 0. The summed E-state index contributed by atoms with van der Waals surface area (Å²) in [6, 6.07) is 8.94. The van der Waals surface area contributed by atoms with Crippen molar-refractivity contribution in [3.63, 3.8) is 0 Å². The van der Waals surface area contributed by atoms with E-state index in [1.165, 1.54) is 0 Å². The van der Waals surface area contributed by atoms with Crippen LogP contribution in [0.2, 0.25) is 5.22 Å². The molecule has 0 atom stereocenters. The molecule has 0 spiro atoms. The summed E-state index contributed by atoms with van der Waals surface area (Å²) in [5, 5.41) is 0.343. The lowest BCUT2D eigenvalue weighted by Gasteiger charge is -1.89. The van der Waals surface area contributed by atoms with E-state index in [2.05, 4.69) is 9.97 Å². The number of rotatable bonds is 1. The van der Waals surface area contributed by atoms with E-state index in [0.717, 1.165) is 11.0 Å². The number of H-pyrrole nitrogens is 1. The second kappa shape index (κ2) is 3.28. The quantitative estimate of drug-likeness (QED) is 0.635. The Balaban J connectivity index is 2.18. The average Bonchev–Trinajstić information content (AvgIpc) is 2.83. The number of anilines is 1. The van der Waals surface area contributed by atoms with Gasteiger partial charge in [0, 0.05) is 5.69 Å². The van der Waals surface area contributed by atoms with Crippen LogP contribution in [0.15, 0.2) is 34.7 Å². The van der Waals surface area contributed by atoms with Crippen LogP contribution >= 0.6 is 11.6 Å². The maximum absolute atomic E-state index is 5.71. The zero-order valence-electron chi connectivity index (χ0n) is 8.20. The van der Waals surface area contributed by atoms with E-state index < -0.39 is 0 Å². The van der Waals surface area contributed by atoms with E-state index in [-0.39, 0.29) is 0 Å². The Bertz CT molecular complexity index is 656. The van der Waals surface area contributed by atoms with E-state index in [4.69, 9.17) is 21.8 Å². The minimum atomic E-state index is 0.343. The van der Waals surface area contributed by atoms with Gasteiger partial charge in [0.1, 0.15) is 0 Å². The Labute approximate surface area is 96.0 Å². The fourth-order valence-corrected chi connectivity index (χ4v) is 1.73. The smallest absolute Gasteiger partial charge is 0.194 e. The lowest BCUT2D eigenvalue weighted by Crippen LogP contribution is -1.82. The Morgan fingerprint density at radius 3 is 2.88 bits per heavy atom. The number of benzene rings is 1. The molecular weight excluding hydrogens is 226 g/mol. The van der Waals surface area contributed by atoms with Crippen LogP contribution in [0.5, 0.6) is 0 Å². The number of imidazole rings is 1. The molecule has 0 aliphatic rings. The van der Waals surface area contributed by atoms with E-state index >= 15 is 0 Å². The molecule has 3 rings (SSSR count). The molecule has 16 heavy (non-hydrogen) atoms. The third kappa shape index (κ3) is 1.44. The molecule has 0 fully saturated rings. The number of furan rings is 1. The molecule has 3 aromatic rings. The first-order valence-corrected chi connectivity index (χ1v) is 5.11. The zero-order valence-corrected chi connectivity index (χ0v) is 8.95. The van der Waals surface area contributed by atoms with E-state index in [9.17, 15) is 0 Å². The monoisotopic (exact) mass is 233 g/mol. The maximum Gasteiger partial charge on any atom is 0.194 e. The van der Waals surface area contributed by atoms with Gasteiger partial charge in [0.05, 0.1) is 11.0 Å². The Morgan fingerprint density at radius 1 is 1.25 bits per heavy atom. The van der Waals surface area contributed by atoms with Gasteiger partial charge in [-0.3, -0.25) is 0 Å². The Morgan fingerprint density at radius 2 is 2.12 bits per heavy atom. The number of aromatic nitrogens is 2. The number of halogens is 1. The predicted octanol–water partition coefficient (Wildman–Crippen LogP) is 3.06. The van der Waals surface area contributed by atoms with Crippen LogP contribution in [-0.4, -0.2) is 9.97 Å². The SMILES string of the molecule is Nc1ccc2nc(-c3ccc(Cl)o3)[nH]c2c1. The second-order valence-electron chi connectivity index (χ2n) is 3.47. The van der Waals surface area contributed by atoms with E-state index in [1.807, 2.05) is 18.2 Å². The molecule has 3 N–H and O–H groups in total. The normalized spacial score (nSPS) is 11.1. The van der Waals surface area contributed by atoms with Crippen LogP contribution < -0.4 is 5.73 Å². The summed E-state index contributed by atoms with van der Waals surface area (Å²) in [6.07, 6.45) is 0. The van der Waals surface area contributed by atoms with Gasteiger partial charge in [-0.2, -0.15) is 0 Å². The van der Waals surface area contributed by atoms with Crippen LogP contribution in [0.3, 0.4) is 0 Å². The highest BCUT2D eigenvalue weighted by atomic mass is 35.5. The molecule has 4 nitrogen and oxygen atoms in total. The first kappa shape index (κ1) is 9.30. The van der Waals surface area contributed by atoms with Gasteiger partial charge in [0.2, 0.25) is 0 Å². The maximum atomic E-state index is 5.71. The summed E-state index contributed by atoms with van der Waals surface area (Å²) < 4.78 is 5.27. The number of nitrogens with one attached hydrogen (secondary N) is 1. The molecule has 0 unspecified atom stereocenters. The molecular formula is C11H8ClN3O. The molecule has 0 bridgehead atoms. The number of nitrogens with zero attached hydrogens (tertiary/aromatic N) is 1. The first-order chi connectivity index (χ1) is 7.72. The molecule has 0 amide bonds. The largest absolute Gasteiger partial charge is 0.441 e. The lowest BCUT2D eigenvalue weighted by molar-refractivity contribution is 0.580. The van der Waals surface area contributed by atoms with Crippen molar-refractivity contribution in [2.45, 2.75) is 0 Å². The van der Waals surface area contributed by atoms with Crippen molar-refractivity contribution < 1.29 is 4.42 Å². The minimum absolute atomic E-state index is 0.343. The standard InChI is InChI=1S/C11H8ClN3O/c12-10-4-3-9(16-10)11-14-7-2-1-6(13)5-8(7)15-11/h1-5H,13H2,(H,14,15). The van der Waals surface area contributed by atoms with Gasteiger partial charge in [0.25, 0.3) is 0 Å². The fraction of sp³-hybridized carbons (Fsp3) is 0. The van der Waals surface area contributed by atoms with Crippen molar-refractivity contribution in [1.29, 1.82) is 0 Å². The van der Waals surface area contributed by atoms with Crippen LogP contribution in [0.25, 0.3) is 22.6 Å². The van der Waals surface area contributed by atoms with Crippen molar-refractivity contribution in [2.75, 3.05) is 5.73 Å². The van der Waals surface area contributed by atoms with Gasteiger partial charge >= 0.3 is 0 Å². The van der Waals surface area contributed by atoms with Gasteiger partial charge in [-0.1, -0.05) is 0 Å². The molecule has 0 saturated carbocycles. The van der Waals surface area contributed by atoms with Gasteiger partial charge < -0.3 is 15.1 Å². The van der Waals surface area contributed by atoms with Crippen molar-refractivity contribution in [3.8, 4) is 11.6 Å². The Kier molecular flexibility index (Phi) is 1.91. The van der Waals surface area contributed by atoms with E-state index in [0.29, 0.717) is 22.5 Å². The van der Waals surface area contributed by atoms with Crippen LogP contribution in [0.1, 0.15) is 0 Å². The molecule has 0 saturated heterocycles. The molecule has 2 heterocycles.